The first-order valence-corrected chi connectivity index (χ1v) is 16.9. The highest BCUT2D eigenvalue weighted by Gasteiger charge is 2.53. The molecule has 0 radical (unpaired) electrons. The van der Waals surface area contributed by atoms with Crippen molar-refractivity contribution in [2.24, 2.45) is 15.9 Å². The van der Waals surface area contributed by atoms with Gasteiger partial charge in [-0.1, -0.05) is 106 Å². The Morgan fingerprint density at radius 3 is 1.73 bits per heavy atom. The van der Waals surface area contributed by atoms with Gasteiger partial charge < -0.3 is 0 Å². The molecule has 0 fully saturated rings. The fourth-order valence-corrected chi connectivity index (χ4v) is 8.83. The highest BCUT2D eigenvalue weighted by atomic mass is 15.0. The number of benzene rings is 4. The molecule has 2 atom stereocenters. The number of pyridine rings is 2. The Morgan fingerprint density at radius 1 is 0.562 bits per heavy atom. The van der Waals surface area contributed by atoms with E-state index in [1.54, 1.807) is 0 Å². The molecule has 9 rings (SSSR count). The van der Waals surface area contributed by atoms with Crippen molar-refractivity contribution in [3.05, 3.63) is 190 Å². The zero-order chi connectivity index (χ0) is 32.5. The molecule has 4 aromatic carbocycles. The van der Waals surface area contributed by atoms with Crippen molar-refractivity contribution in [2.45, 2.75) is 44.1 Å². The number of hydrogen-bond acceptors (Lipinski definition) is 4. The van der Waals surface area contributed by atoms with Crippen LogP contribution in [-0.4, -0.2) is 21.5 Å². The van der Waals surface area contributed by atoms with Crippen molar-refractivity contribution in [1.29, 1.82) is 0 Å². The second-order valence-corrected chi connectivity index (χ2v) is 13.7. The molecule has 2 aromatic heterocycles. The minimum atomic E-state index is -0.404. The minimum Gasteiger partial charge on any atom is -0.265 e. The van der Waals surface area contributed by atoms with E-state index in [9.17, 15) is 0 Å². The van der Waals surface area contributed by atoms with Crippen LogP contribution in [0.5, 0.6) is 0 Å². The average Bonchev–Trinajstić information content (AvgIpc) is 3.44. The molecule has 0 bridgehead atoms. The third-order valence-electron chi connectivity index (χ3n) is 11.0. The van der Waals surface area contributed by atoms with Crippen molar-refractivity contribution in [1.82, 2.24) is 9.97 Å². The predicted molar refractivity (Wildman–Crippen MR) is 194 cm³/mol. The van der Waals surface area contributed by atoms with E-state index in [1.165, 1.54) is 50.1 Å². The fourth-order valence-electron chi connectivity index (χ4n) is 8.83. The van der Waals surface area contributed by atoms with Gasteiger partial charge in [-0.05, 0) is 92.4 Å². The number of amidine groups is 1. The van der Waals surface area contributed by atoms with Crippen LogP contribution in [-0.2, 0) is 10.8 Å². The first-order valence-electron chi connectivity index (χ1n) is 16.9. The highest BCUT2D eigenvalue weighted by molar-refractivity contribution is 6.15. The predicted octanol–water partition coefficient (Wildman–Crippen LogP) is 9.50. The Hall–Kier alpha value is -5.48. The van der Waals surface area contributed by atoms with Gasteiger partial charge in [0.25, 0.3) is 0 Å². The largest absolute Gasteiger partial charge is 0.265 e. The summed E-state index contributed by atoms with van der Waals surface area (Å²) in [7, 11) is 0. The molecule has 0 saturated heterocycles. The molecule has 3 heterocycles. The molecule has 0 N–H and O–H groups in total. The summed E-state index contributed by atoms with van der Waals surface area (Å²) in [6, 6.07) is 42.5. The molecule has 2 unspecified atom stereocenters. The van der Waals surface area contributed by atoms with Gasteiger partial charge in [-0.2, -0.15) is 0 Å². The van der Waals surface area contributed by atoms with E-state index in [1.807, 2.05) is 36.9 Å². The van der Waals surface area contributed by atoms with Gasteiger partial charge in [0, 0.05) is 41.7 Å². The summed E-state index contributed by atoms with van der Waals surface area (Å²) < 4.78 is 0. The van der Waals surface area contributed by atoms with Crippen molar-refractivity contribution in [3.8, 4) is 11.1 Å². The molecule has 4 nitrogen and oxygen atoms in total. The highest BCUT2D eigenvalue weighted by Crippen LogP contribution is 2.62. The Bertz CT molecular complexity index is 2220. The quantitative estimate of drug-likeness (QED) is 0.197. The maximum absolute atomic E-state index is 5.41. The van der Waals surface area contributed by atoms with Crippen LogP contribution in [0.3, 0.4) is 0 Å². The number of hydrogen-bond donors (Lipinski definition) is 0. The van der Waals surface area contributed by atoms with Gasteiger partial charge in [-0.3, -0.25) is 15.0 Å². The number of aromatic nitrogens is 2. The zero-order valence-electron chi connectivity index (χ0n) is 27.4. The van der Waals surface area contributed by atoms with Gasteiger partial charge in [0.1, 0.15) is 0 Å². The number of fused-ring (bicyclic) bond motifs is 9. The van der Waals surface area contributed by atoms with Gasteiger partial charge in [0.2, 0.25) is 0 Å². The van der Waals surface area contributed by atoms with Gasteiger partial charge in [-0.15, -0.1) is 0 Å². The van der Waals surface area contributed by atoms with Crippen molar-refractivity contribution in [3.63, 3.8) is 0 Å². The summed E-state index contributed by atoms with van der Waals surface area (Å²) >= 11 is 0. The van der Waals surface area contributed by atoms with Gasteiger partial charge in [-0.25, -0.2) is 4.99 Å². The van der Waals surface area contributed by atoms with Crippen LogP contribution >= 0.6 is 0 Å². The molecule has 0 saturated carbocycles. The third kappa shape index (κ3) is 3.95. The van der Waals surface area contributed by atoms with Crippen molar-refractivity contribution >= 4 is 11.5 Å². The Morgan fingerprint density at radius 2 is 1.10 bits per heavy atom. The topological polar surface area (TPSA) is 50.5 Å². The van der Waals surface area contributed by atoms with Crippen LogP contribution < -0.4 is 0 Å². The molecule has 48 heavy (non-hydrogen) atoms. The summed E-state index contributed by atoms with van der Waals surface area (Å²) in [4.78, 5) is 19.2. The van der Waals surface area contributed by atoms with Crippen LogP contribution in [0, 0.1) is 5.92 Å². The van der Waals surface area contributed by atoms with Crippen molar-refractivity contribution in [2.75, 3.05) is 0 Å². The van der Waals surface area contributed by atoms with Gasteiger partial charge in [0.05, 0.1) is 17.2 Å². The fraction of sp³-hybridized carbons (Fsp3) is 0.182. The van der Waals surface area contributed by atoms with Gasteiger partial charge in [0.15, 0.2) is 5.84 Å². The van der Waals surface area contributed by atoms with E-state index in [-0.39, 0.29) is 17.4 Å². The Kier molecular flexibility index (Phi) is 6.45. The second kappa shape index (κ2) is 10.8. The van der Waals surface area contributed by atoms with E-state index in [4.69, 9.17) is 9.98 Å². The average molecular weight is 621 g/mol. The number of aliphatic imine (C=N–C) groups is 2. The standard InChI is InChI=1S/C44H36N4/c1-4-31-40(28-19-23-45-24-20-28)47-42(29-21-25-46-26-22-29)48-41(31)30-17-18-35-33(27-30)32-11-5-6-12-34(32)44(35)38-15-9-7-13-36(38)43(2,3)37-14-8-10-16-39(37)44/h5-27,31,41H,4H2,1-3H3. The first kappa shape index (κ1) is 28.7. The van der Waals surface area contributed by atoms with Crippen LogP contribution in [0.4, 0.5) is 0 Å². The van der Waals surface area contributed by atoms with E-state index in [2.05, 4.69) is 134 Å². The molecular weight excluding hydrogens is 585 g/mol. The first-order chi connectivity index (χ1) is 23.5. The second-order valence-electron chi connectivity index (χ2n) is 13.7. The molecule has 3 aliphatic rings. The lowest BCUT2D eigenvalue weighted by Crippen LogP contribution is -2.40. The molecular formula is C44H36N4. The third-order valence-corrected chi connectivity index (χ3v) is 11.0. The Labute approximate surface area is 282 Å². The molecule has 6 aromatic rings. The monoisotopic (exact) mass is 620 g/mol. The van der Waals surface area contributed by atoms with Crippen LogP contribution in [0.1, 0.15) is 83.3 Å². The van der Waals surface area contributed by atoms with E-state index in [0.717, 1.165) is 29.1 Å². The zero-order valence-corrected chi connectivity index (χ0v) is 27.4. The lowest BCUT2D eigenvalue weighted by atomic mass is 9.55. The summed E-state index contributed by atoms with van der Waals surface area (Å²) in [5, 5.41) is 0. The maximum atomic E-state index is 5.41. The molecule has 1 aliphatic heterocycles. The van der Waals surface area contributed by atoms with E-state index >= 15 is 0 Å². The lowest BCUT2D eigenvalue weighted by molar-refractivity contribution is 0.532. The van der Waals surface area contributed by atoms with Crippen LogP contribution in [0.2, 0.25) is 0 Å². The summed E-state index contributed by atoms with van der Waals surface area (Å²) in [5.74, 6) is 0.854. The number of nitrogens with zero attached hydrogens (tertiary/aromatic N) is 4. The molecule has 1 spiro atoms. The summed E-state index contributed by atoms with van der Waals surface area (Å²) in [5.41, 5.74) is 14.6. The normalized spacial score (nSPS) is 19.4. The molecule has 232 valence electrons. The van der Waals surface area contributed by atoms with Gasteiger partial charge >= 0.3 is 0 Å². The molecule has 4 heteroatoms. The summed E-state index contributed by atoms with van der Waals surface area (Å²) in [6.45, 7) is 6.99. The smallest absolute Gasteiger partial charge is 0.155 e. The molecule has 0 amide bonds. The minimum absolute atomic E-state index is 0.0993. The van der Waals surface area contributed by atoms with E-state index < -0.39 is 5.41 Å². The van der Waals surface area contributed by atoms with E-state index in [0.29, 0.717) is 0 Å². The van der Waals surface area contributed by atoms with Crippen molar-refractivity contribution < 1.29 is 0 Å². The molecule has 2 aliphatic carbocycles. The lowest BCUT2D eigenvalue weighted by Gasteiger charge is -2.46. The Balaban J connectivity index is 1.29. The SMILES string of the molecule is CCC1C(c2ccncc2)=NC(c2ccncc2)=NC1c1ccc2c(c1)-c1ccccc1C21c2ccccc2C(C)(C)c2ccccc21. The summed E-state index contributed by atoms with van der Waals surface area (Å²) in [6.07, 6.45) is 8.24. The van der Waals surface area contributed by atoms with Crippen LogP contribution in [0.15, 0.2) is 150 Å². The number of rotatable bonds is 4. The van der Waals surface area contributed by atoms with Crippen LogP contribution in [0.25, 0.3) is 11.1 Å². The maximum Gasteiger partial charge on any atom is 0.155 e.